The fourth-order valence-corrected chi connectivity index (χ4v) is 0.372. The van der Waals surface area contributed by atoms with Crippen molar-refractivity contribution >= 4 is 6.47 Å². The summed E-state index contributed by atoms with van der Waals surface area (Å²) >= 11 is 0. The lowest BCUT2D eigenvalue weighted by Crippen LogP contribution is -2.03. The van der Waals surface area contributed by atoms with Crippen LogP contribution >= 0.6 is 0 Å². The van der Waals surface area contributed by atoms with Gasteiger partial charge >= 0.3 is 0 Å². The van der Waals surface area contributed by atoms with Crippen molar-refractivity contribution < 1.29 is 19.0 Å². The molecule has 4 nitrogen and oxygen atoms in total. The molecule has 0 spiro atoms. The summed E-state index contributed by atoms with van der Waals surface area (Å²) < 4.78 is 13.8. The van der Waals surface area contributed by atoms with Gasteiger partial charge in [-0.15, -0.1) is 0 Å². The second-order valence-corrected chi connectivity index (χ2v) is 1.61. The molecule has 60 valence electrons. The lowest BCUT2D eigenvalue weighted by atomic mass is 10.5. The van der Waals surface area contributed by atoms with Gasteiger partial charge in [0.1, 0.15) is 0 Å². The zero-order valence-corrected chi connectivity index (χ0v) is 6.04. The van der Waals surface area contributed by atoms with Gasteiger partial charge in [0.15, 0.2) is 13.6 Å². The predicted molar refractivity (Wildman–Crippen MR) is 34.2 cm³/mol. The summed E-state index contributed by atoms with van der Waals surface area (Å²) in [6.07, 6.45) is 0.956. The molecule has 0 aromatic rings. The minimum Gasteiger partial charge on any atom is -0.441 e. The van der Waals surface area contributed by atoms with E-state index in [1.54, 1.807) is 0 Å². The maximum atomic E-state index is 9.55. The van der Waals surface area contributed by atoms with E-state index in [4.69, 9.17) is 9.47 Å². The molecule has 0 heterocycles. The van der Waals surface area contributed by atoms with Gasteiger partial charge in [-0.3, -0.25) is 4.79 Å². The zero-order valence-electron chi connectivity index (χ0n) is 6.04. The molecule has 0 saturated carbocycles. The Kier molecular flexibility index (Phi) is 7.88. The highest BCUT2D eigenvalue weighted by Crippen LogP contribution is 1.81. The van der Waals surface area contributed by atoms with Gasteiger partial charge in [-0.05, 0) is 6.42 Å². The van der Waals surface area contributed by atoms with E-state index in [1.165, 1.54) is 0 Å². The van der Waals surface area contributed by atoms with Crippen molar-refractivity contribution in [3.63, 3.8) is 0 Å². The van der Waals surface area contributed by atoms with Crippen molar-refractivity contribution in [3.05, 3.63) is 0 Å². The lowest BCUT2D eigenvalue weighted by molar-refractivity contribution is -0.154. The first kappa shape index (κ1) is 9.39. The third kappa shape index (κ3) is 7.39. The SMILES string of the molecule is CCCOCOCOC=O. The maximum absolute atomic E-state index is 9.55. The molecule has 0 aliphatic heterocycles. The molecule has 0 bridgehead atoms. The zero-order chi connectivity index (χ0) is 7.66. The van der Waals surface area contributed by atoms with Crippen LogP contribution in [0.3, 0.4) is 0 Å². The third-order valence-electron chi connectivity index (χ3n) is 0.735. The van der Waals surface area contributed by atoms with Crippen LogP contribution in [-0.2, 0) is 19.0 Å². The molecule has 4 heteroatoms. The number of hydrogen-bond acceptors (Lipinski definition) is 4. The molecule has 0 N–H and O–H groups in total. The molecular formula is C6H12O4. The predicted octanol–water partition coefficient (Wildman–Crippen LogP) is 0.518. The van der Waals surface area contributed by atoms with E-state index in [1.807, 2.05) is 6.92 Å². The molecule has 0 aliphatic rings. The smallest absolute Gasteiger partial charge is 0.295 e. The van der Waals surface area contributed by atoms with Gasteiger partial charge < -0.3 is 14.2 Å². The first-order chi connectivity index (χ1) is 4.91. The third-order valence-corrected chi connectivity index (χ3v) is 0.735. The second kappa shape index (κ2) is 8.39. The van der Waals surface area contributed by atoms with Crippen LogP contribution < -0.4 is 0 Å². The first-order valence-corrected chi connectivity index (χ1v) is 3.12. The van der Waals surface area contributed by atoms with E-state index in [9.17, 15) is 4.79 Å². The minimum absolute atomic E-state index is 0.0345. The lowest BCUT2D eigenvalue weighted by Gasteiger charge is -2.01. The Morgan fingerprint density at radius 1 is 1.30 bits per heavy atom. The van der Waals surface area contributed by atoms with E-state index in [0.717, 1.165) is 6.42 Å². The van der Waals surface area contributed by atoms with Crippen molar-refractivity contribution in [1.29, 1.82) is 0 Å². The van der Waals surface area contributed by atoms with E-state index < -0.39 is 0 Å². The van der Waals surface area contributed by atoms with Gasteiger partial charge in [-0.2, -0.15) is 0 Å². The molecule has 0 rings (SSSR count). The Hall–Kier alpha value is -0.610. The molecule has 0 aromatic carbocycles. The van der Waals surface area contributed by atoms with Crippen LogP contribution in [0.25, 0.3) is 0 Å². The molecule has 0 aliphatic carbocycles. The summed E-state index contributed by atoms with van der Waals surface area (Å²) in [6.45, 7) is 3.15. The molecule has 0 atom stereocenters. The van der Waals surface area contributed by atoms with Gasteiger partial charge in [0, 0.05) is 6.61 Å². The second-order valence-electron chi connectivity index (χ2n) is 1.61. The summed E-state index contributed by atoms with van der Waals surface area (Å²) in [5.74, 6) is 0. The van der Waals surface area contributed by atoms with Crippen molar-refractivity contribution in [1.82, 2.24) is 0 Å². The maximum Gasteiger partial charge on any atom is 0.295 e. The molecule has 0 saturated heterocycles. The van der Waals surface area contributed by atoms with Crippen LogP contribution in [0, 0.1) is 0 Å². The molecule has 10 heavy (non-hydrogen) atoms. The Morgan fingerprint density at radius 3 is 2.70 bits per heavy atom. The van der Waals surface area contributed by atoms with Crippen LogP contribution in [0.15, 0.2) is 0 Å². The highest BCUT2D eigenvalue weighted by atomic mass is 16.7. The van der Waals surface area contributed by atoms with E-state index in [0.29, 0.717) is 13.1 Å². The van der Waals surface area contributed by atoms with Crippen molar-refractivity contribution in [2.45, 2.75) is 13.3 Å². The van der Waals surface area contributed by atoms with Crippen LogP contribution in [0.1, 0.15) is 13.3 Å². The summed E-state index contributed by atoms with van der Waals surface area (Å²) in [5.41, 5.74) is 0. The number of carbonyl (C=O) groups is 1. The van der Waals surface area contributed by atoms with E-state index in [2.05, 4.69) is 4.74 Å². The largest absolute Gasteiger partial charge is 0.441 e. The molecule has 0 fully saturated rings. The molecular weight excluding hydrogens is 136 g/mol. The average molecular weight is 148 g/mol. The number of ether oxygens (including phenoxy) is 3. The quantitative estimate of drug-likeness (QED) is 0.300. The monoisotopic (exact) mass is 148 g/mol. The summed E-state index contributed by atoms with van der Waals surface area (Å²) in [6, 6.07) is 0. The highest BCUT2D eigenvalue weighted by Gasteiger charge is 1.84. The number of hydrogen-bond donors (Lipinski definition) is 0. The van der Waals surface area contributed by atoms with Gasteiger partial charge in [0.2, 0.25) is 0 Å². The van der Waals surface area contributed by atoms with Crippen LogP contribution in [-0.4, -0.2) is 26.7 Å². The number of carbonyl (C=O) groups excluding carboxylic acids is 1. The minimum atomic E-state index is -0.0345. The van der Waals surface area contributed by atoms with Crippen LogP contribution in [0.2, 0.25) is 0 Å². The highest BCUT2D eigenvalue weighted by molar-refractivity contribution is 5.36. The van der Waals surface area contributed by atoms with E-state index in [-0.39, 0.29) is 13.6 Å². The first-order valence-electron chi connectivity index (χ1n) is 3.12. The summed E-state index contributed by atoms with van der Waals surface area (Å²) in [4.78, 5) is 9.55. The summed E-state index contributed by atoms with van der Waals surface area (Å²) in [7, 11) is 0. The fourth-order valence-electron chi connectivity index (χ4n) is 0.372. The topological polar surface area (TPSA) is 44.8 Å². The number of rotatable bonds is 7. The summed E-state index contributed by atoms with van der Waals surface area (Å²) in [5, 5.41) is 0. The molecule has 0 amide bonds. The van der Waals surface area contributed by atoms with Gasteiger partial charge in [0.05, 0.1) is 0 Å². The van der Waals surface area contributed by atoms with E-state index >= 15 is 0 Å². The Bertz CT molecular complexity index is 74.1. The van der Waals surface area contributed by atoms with Gasteiger partial charge in [-0.1, -0.05) is 6.92 Å². The normalized spacial score (nSPS) is 9.30. The van der Waals surface area contributed by atoms with Gasteiger partial charge in [-0.25, -0.2) is 0 Å². The Labute approximate surface area is 60.1 Å². The average Bonchev–Trinajstić information content (AvgIpc) is 1.97. The van der Waals surface area contributed by atoms with Crippen LogP contribution in [0.4, 0.5) is 0 Å². The van der Waals surface area contributed by atoms with Crippen molar-refractivity contribution in [2.75, 3.05) is 20.2 Å². The fraction of sp³-hybridized carbons (Fsp3) is 0.833. The van der Waals surface area contributed by atoms with Crippen molar-refractivity contribution in [2.24, 2.45) is 0 Å². The molecule has 0 aromatic heterocycles. The van der Waals surface area contributed by atoms with Crippen molar-refractivity contribution in [3.8, 4) is 0 Å². The Balaban J connectivity index is 2.70. The Morgan fingerprint density at radius 2 is 2.10 bits per heavy atom. The standard InChI is InChI=1S/C6H12O4/c1-2-3-8-5-10-6-9-4-7/h4H,2-3,5-6H2,1H3. The molecule has 0 radical (unpaired) electrons. The van der Waals surface area contributed by atoms with Crippen LogP contribution in [0.5, 0.6) is 0 Å². The molecule has 0 unspecified atom stereocenters. The van der Waals surface area contributed by atoms with Gasteiger partial charge in [0.25, 0.3) is 6.47 Å².